The minimum Gasteiger partial charge on any atom is -0.368 e. The number of amides is 1. The first-order valence-corrected chi connectivity index (χ1v) is 7.75. The topological polar surface area (TPSA) is 56.4 Å². The minimum atomic E-state index is -4.38. The summed E-state index contributed by atoms with van der Waals surface area (Å²) >= 11 is 0. The van der Waals surface area contributed by atoms with Gasteiger partial charge in [-0.05, 0) is 24.3 Å². The van der Waals surface area contributed by atoms with Crippen LogP contribution in [0.2, 0.25) is 0 Å². The molecule has 1 aliphatic rings. The molecular weight excluding hydrogens is 335 g/mol. The summed E-state index contributed by atoms with van der Waals surface area (Å²) in [4.78, 5) is 29.3. The summed E-state index contributed by atoms with van der Waals surface area (Å²) < 4.78 is 38.5. The molecule has 0 bridgehead atoms. The number of nitrogens with zero attached hydrogens (tertiary/aromatic N) is 2. The van der Waals surface area contributed by atoms with Crippen LogP contribution >= 0.6 is 0 Å². The third kappa shape index (κ3) is 3.84. The van der Waals surface area contributed by atoms with Gasteiger partial charge in [0, 0.05) is 44.1 Å². The van der Waals surface area contributed by atoms with Gasteiger partial charge in [-0.3, -0.25) is 9.59 Å². The summed E-state index contributed by atoms with van der Waals surface area (Å²) in [5, 5.41) is 0. The zero-order valence-corrected chi connectivity index (χ0v) is 13.2. The number of alkyl halides is 3. The molecule has 132 valence electrons. The number of carbonyl (C=O) groups excluding carboxylic acids is 1. The summed E-state index contributed by atoms with van der Waals surface area (Å²) in [6, 6.07) is 7.93. The van der Waals surface area contributed by atoms with Crippen LogP contribution in [0.15, 0.2) is 47.4 Å². The highest BCUT2D eigenvalue weighted by atomic mass is 19.4. The first-order valence-electron chi connectivity index (χ1n) is 7.75. The molecule has 1 aromatic heterocycles. The van der Waals surface area contributed by atoms with Crippen molar-refractivity contribution in [2.45, 2.75) is 6.18 Å². The molecule has 3 rings (SSSR count). The number of aromatic amines is 1. The number of halogens is 3. The molecule has 0 aliphatic carbocycles. The van der Waals surface area contributed by atoms with Gasteiger partial charge in [-0.2, -0.15) is 13.2 Å². The van der Waals surface area contributed by atoms with Crippen molar-refractivity contribution in [1.29, 1.82) is 0 Å². The van der Waals surface area contributed by atoms with E-state index in [0.717, 1.165) is 12.1 Å². The van der Waals surface area contributed by atoms with Crippen molar-refractivity contribution >= 4 is 11.6 Å². The van der Waals surface area contributed by atoms with Crippen LogP contribution in [0.25, 0.3) is 0 Å². The molecule has 1 aromatic carbocycles. The lowest BCUT2D eigenvalue weighted by atomic mass is 10.1. The molecule has 1 amide bonds. The van der Waals surface area contributed by atoms with Crippen molar-refractivity contribution in [2.75, 3.05) is 31.1 Å². The Labute approximate surface area is 141 Å². The van der Waals surface area contributed by atoms with E-state index in [4.69, 9.17) is 0 Å². The van der Waals surface area contributed by atoms with Gasteiger partial charge in [-0.15, -0.1) is 0 Å². The van der Waals surface area contributed by atoms with Crippen molar-refractivity contribution < 1.29 is 18.0 Å². The van der Waals surface area contributed by atoms with E-state index in [0.29, 0.717) is 37.4 Å². The first kappa shape index (κ1) is 17.1. The number of aromatic nitrogens is 1. The smallest absolute Gasteiger partial charge is 0.368 e. The molecular formula is C17H16F3N3O2. The zero-order chi connectivity index (χ0) is 18.0. The number of benzene rings is 1. The molecule has 0 atom stereocenters. The maximum Gasteiger partial charge on any atom is 0.416 e. The molecule has 0 saturated carbocycles. The Morgan fingerprint density at radius 2 is 1.76 bits per heavy atom. The maximum atomic E-state index is 12.8. The largest absolute Gasteiger partial charge is 0.416 e. The number of piperazine rings is 1. The Balaban J connectivity index is 1.67. The first-order chi connectivity index (χ1) is 11.8. The Hall–Kier alpha value is -2.77. The van der Waals surface area contributed by atoms with Gasteiger partial charge in [0.15, 0.2) is 0 Å². The number of anilines is 1. The van der Waals surface area contributed by atoms with Crippen LogP contribution in [0.1, 0.15) is 15.9 Å². The van der Waals surface area contributed by atoms with Crippen LogP contribution in [-0.2, 0) is 6.18 Å². The van der Waals surface area contributed by atoms with Crippen molar-refractivity contribution in [3.63, 3.8) is 0 Å². The predicted octanol–water partition coefficient (Wildman–Crippen LogP) is 2.36. The highest BCUT2D eigenvalue weighted by Gasteiger charge is 2.31. The van der Waals surface area contributed by atoms with Gasteiger partial charge in [0.05, 0.1) is 11.1 Å². The molecule has 1 aliphatic heterocycles. The van der Waals surface area contributed by atoms with Gasteiger partial charge in [0.1, 0.15) is 0 Å². The van der Waals surface area contributed by atoms with E-state index in [1.165, 1.54) is 24.4 Å². The quantitative estimate of drug-likeness (QED) is 0.904. The highest BCUT2D eigenvalue weighted by Crippen LogP contribution is 2.31. The van der Waals surface area contributed by atoms with Crippen LogP contribution in [0, 0.1) is 0 Å². The Morgan fingerprint density at radius 1 is 1.04 bits per heavy atom. The summed E-state index contributed by atoms with van der Waals surface area (Å²) in [5.74, 6) is -0.208. The number of nitrogens with one attached hydrogen (secondary N) is 1. The van der Waals surface area contributed by atoms with Gasteiger partial charge in [-0.1, -0.05) is 6.07 Å². The molecule has 1 fully saturated rings. The van der Waals surface area contributed by atoms with Crippen molar-refractivity contribution in [3.8, 4) is 0 Å². The Kier molecular flexibility index (Phi) is 4.52. The van der Waals surface area contributed by atoms with Crippen molar-refractivity contribution in [2.24, 2.45) is 0 Å². The second-order valence-electron chi connectivity index (χ2n) is 5.77. The van der Waals surface area contributed by atoms with Crippen LogP contribution in [-0.4, -0.2) is 42.0 Å². The lowest BCUT2D eigenvalue weighted by molar-refractivity contribution is -0.137. The van der Waals surface area contributed by atoms with E-state index in [1.807, 2.05) is 4.90 Å². The third-order valence-electron chi connectivity index (χ3n) is 4.14. The molecule has 8 heteroatoms. The van der Waals surface area contributed by atoms with Crippen LogP contribution < -0.4 is 10.5 Å². The minimum absolute atomic E-state index is 0.208. The van der Waals surface area contributed by atoms with E-state index in [-0.39, 0.29) is 11.5 Å². The SMILES string of the molecule is O=C(c1ccc(=O)[nH]c1)N1CCN(c2cccc(C(F)(F)F)c2)CC1. The Bertz CT molecular complexity index is 804. The molecule has 5 nitrogen and oxygen atoms in total. The van der Waals surface area contributed by atoms with E-state index in [1.54, 1.807) is 11.0 Å². The molecule has 1 saturated heterocycles. The Morgan fingerprint density at radius 3 is 2.36 bits per heavy atom. The second-order valence-corrected chi connectivity index (χ2v) is 5.77. The van der Waals surface area contributed by atoms with E-state index >= 15 is 0 Å². The summed E-state index contributed by atoms with van der Waals surface area (Å²) in [6.07, 6.45) is -3.01. The fourth-order valence-electron chi connectivity index (χ4n) is 2.77. The average molecular weight is 351 g/mol. The molecule has 0 radical (unpaired) electrons. The fourth-order valence-corrected chi connectivity index (χ4v) is 2.77. The zero-order valence-electron chi connectivity index (χ0n) is 13.2. The number of H-pyrrole nitrogens is 1. The van der Waals surface area contributed by atoms with E-state index in [2.05, 4.69) is 4.98 Å². The molecule has 0 unspecified atom stereocenters. The maximum absolute atomic E-state index is 12.8. The third-order valence-corrected chi connectivity index (χ3v) is 4.14. The van der Waals surface area contributed by atoms with E-state index < -0.39 is 11.7 Å². The number of rotatable bonds is 2. The van der Waals surface area contributed by atoms with Gasteiger partial charge in [0.25, 0.3) is 5.91 Å². The van der Waals surface area contributed by atoms with Gasteiger partial charge in [0.2, 0.25) is 5.56 Å². The van der Waals surface area contributed by atoms with Crippen molar-refractivity contribution in [3.05, 3.63) is 64.1 Å². The molecule has 2 aromatic rings. The number of carbonyl (C=O) groups is 1. The highest BCUT2D eigenvalue weighted by molar-refractivity contribution is 5.94. The number of pyridine rings is 1. The lowest BCUT2D eigenvalue weighted by Crippen LogP contribution is -2.48. The van der Waals surface area contributed by atoms with E-state index in [9.17, 15) is 22.8 Å². The summed E-state index contributed by atoms with van der Waals surface area (Å²) in [7, 11) is 0. The average Bonchev–Trinajstić information content (AvgIpc) is 2.61. The number of hydrogen-bond acceptors (Lipinski definition) is 3. The fraction of sp³-hybridized carbons (Fsp3) is 0.294. The molecule has 25 heavy (non-hydrogen) atoms. The molecule has 0 spiro atoms. The van der Waals surface area contributed by atoms with Crippen molar-refractivity contribution in [1.82, 2.24) is 9.88 Å². The van der Waals surface area contributed by atoms with Gasteiger partial charge in [-0.25, -0.2) is 0 Å². The predicted molar refractivity (Wildman–Crippen MR) is 86.6 cm³/mol. The summed E-state index contributed by atoms with van der Waals surface area (Å²) in [6.45, 7) is 1.68. The van der Waals surface area contributed by atoms with Crippen LogP contribution in [0.3, 0.4) is 0 Å². The van der Waals surface area contributed by atoms with Gasteiger partial charge >= 0.3 is 6.18 Å². The lowest BCUT2D eigenvalue weighted by Gasteiger charge is -2.36. The van der Waals surface area contributed by atoms with Gasteiger partial charge < -0.3 is 14.8 Å². The summed E-state index contributed by atoms with van der Waals surface area (Å²) in [5.41, 5.74) is -0.0965. The molecule has 1 N–H and O–H groups in total. The molecule has 2 heterocycles. The number of hydrogen-bond donors (Lipinski definition) is 1. The monoisotopic (exact) mass is 351 g/mol. The standard InChI is InChI=1S/C17H16F3N3O2/c18-17(19,20)13-2-1-3-14(10-13)22-6-8-23(9-7-22)16(25)12-4-5-15(24)21-11-12/h1-5,10-11H,6-9H2,(H,21,24). The van der Waals surface area contributed by atoms with Crippen LogP contribution in [0.4, 0.5) is 18.9 Å². The van der Waals surface area contributed by atoms with Crippen LogP contribution in [0.5, 0.6) is 0 Å². The second kappa shape index (κ2) is 6.62. The normalized spacial score (nSPS) is 15.3.